The number of halogens is 2. The zero-order valence-corrected chi connectivity index (χ0v) is 61.2. The van der Waals surface area contributed by atoms with E-state index >= 15 is 24.0 Å². The summed E-state index contributed by atoms with van der Waals surface area (Å²) in [5, 5.41) is 106. The molecule has 6 amide bonds. The van der Waals surface area contributed by atoms with Gasteiger partial charge in [0.2, 0.25) is 41.6 Å². The number of aliphatic hydroxyl groups is 6. The maximum absolute atomic E-state index is 16.2. The number of primary amides is 1. The highest BCUT2D eigenvalue weighted by Crippen LogP contribution is 2.50. The molecule has 28 nitrogen and oxygen atoms in total. The van der Waals surface area contributed by atoms with E-state index in [9.17, 15) is 60.0 Å². The number of aromatic hydroxyl groups is 2. The number of hydrogen-bond donors (Lipinski definition) is 14. The second kappa shape index (κ2) is 35.2. The Kier molecular flexibility index (Phi) is 26.9. The average Bonchev–Trinajstić information content (AvgIpc) is 0.765. The summed E-state index contributed by atoms with van der Waals surface area (Å²) < 4.78 is 31.0. The maximum Gasteiger partial charge on any atom is 0.412 e. The molecule has 6 heterocycles. The summed E-state index contributed by atoms with van der Waals surface area (Å²) in [5.74, 6) is -16.7. The predicted octanol–water partition coefficient (Wildman–Crippen LogP) is 7.95. The van der Waals surface area contributed by atoms with Crippen molar-refractivity contribution in [3.05, 3.63) is 117 Å². The number of Topliss-reactive ketones (excluding diaryl/α,β-unsaturated/α-hetero) is 3. The SMILES string of the molecule is CCCCCCCCNC(=O)Oc1cc(O)c2c(c1)[C@@H](C(=O)CC(C)(C)C)NC(=O)[C@H]1NC(=O)[C@H](CC(=O)[C@@H]3NC(=O)[C@H](CC(N)=O)CC(=O)[C@H](NC(=O)[C@H](CC)CC(C)C)[C@H](O)c4ccc(c(Cl)c4)Oc4cc3cc(c4O[C@@H]3O[C@H](CO)[C@@H](O)[C@H](O)[C@H]3O)Oc3ccc(cc3Cl)[C@H]1O)c1ccc(O)c-2c1. The molecule has 5 aromatic carbocycles. The molecule has 572 valence electrons. The highest BCUT2D eigenvalue weighted by atomic mass is 35.5. The quantitative estimate of drug-likeness (QED) is 0.0329. The Bertz CT molecular complexity index is 4130. The number of rotatable bonds is 20. The number of amides is 6. The number of aliphatic hydroxyl groups excluding tert-OH is 6. The molecule has 0 spiro atoms. The molecule has 0 aromatic heterocycles. The number of carbonyl (C=O) groups is 9. The van der Waals surface area contributed by atoms with E-state index in [0.29, 0.717) is 19.3 Å². The molecule has 6 aliphatic heterocycles. The van der Waals surface area contributed by atoms with E-state index in [0.717, 1.165) is 62.4 Å². The van der Waals surface area contributed by atoms with Crippen molar-refractivity contribution in [3.8, 4) is 57.1 Å². The molecule has 0 unspecified atom stereocenters. The van der Waals surface area contributed by atoms with Crippen LogP contribution in [0.2, 0.25) is 10.0 Å². The first kappa shape index (κ1) is 81.1. The largest absolute Gasteiger partial charge is 0.507 e. The van der Waals surface area contributed by atoms with E-state index in [-0.39, 0.29) is 85.1 Å². The Morgan fingerprint density at radius 2 is 1.32 bits per heavy atom. The van der Waals surface area contributed by atoms with E-state index in [2.05, 4.69) is 33.5 Å². The highest BCUT2D eigenvalue weighted by Gasteiger charge is 2.47. The number of nitrogens with one attached hydrogen (secondary N) is 5. The fourth-order valence-electron chi connectivity index (χ4n) is 13.4. The van der Waals surface area contributed by atoms with E-state index in [1.54, 1.807) is 27.7 Å². The molecule has 14 atom stereocenters. The van der Waals surface area contributed by atoms with E-state index in [4.69, 9.17) is 52.6 Å². The van der Waals surface area contributed by atoms with Crippen molar-refractivity contribution in [3.63, 3.8) is 0 Å². The summed E-state index contributed by atoms with van der Waals surface area (Å²) in [4.78, 5) is 134. The van der Waals surface area contributed by atoms with Crippen LogP contribution >= 0.6 is 23.2 Å². The lowest BCUT2D eigenvalue weighted by Gasteiger charge is -2.39. The van der Waals surface area contributed by atoms with Gasteiger partial charge in [-0.15, -0.1) is 0 Å². The van der Waals surface area contributed by atoms with Gasteiger partial charge >= 0.3 is 6.09 Å². The van der Waals surface area contributed by atoms with Crippen LogP contribution in [0.1, 0.15) is 184 Å². The summed E-state index contributed by atoms with van der Waals surface area (Å²) in [5.41, 5.74) is 3.32. The number of nitrogens with two attached hydrogens (primary N) is 1. The minimum Gasteiger partial charge on any atom is -0.507 e. The Balaban J connectivity index is 1.29. The van der Waals surface area contributed by atoms with Crippen LogP contribution < -0.4 is 51.3 Å². The number of ether oxygens (including phenoxy) is 5. The van der Waals surface area contributed by atoms with E-state index in [1.807, 2.05) is 13.8 Å². The van der Waals surface area contributed by atoms with Crippen LogP contribution in [0.3, 0.4) is 0 Å². The maximum atomic E-state index is 16.2. The van der Waals surface area contributed by atoms with Crippen LogP contribution in [-0.4, -0.2) is 150 Å². The van der Waals surface area contributed by atoms with Gasteiger partial charge in [0.1, 0.15) is 89.5 Å². The van der Waals surface area contributed by atoms with Gasteiger partial charge in [-0.25, -0.2) is 4.79 Å². The topological polar surface area (TPSA) is 448 Å². The second-order valence-corrected chi connectivity index (χ2v) is 29.8. The van der Waals surface area contributed by atoms with Crippen LogP contribution in [0, 0.1) is 23.2 Å². The molecule has 106 heavy (non-hydrogen) atoms. The fourth-order valence-corrected chi connectivity index (χ4v) is 13.9. The van der Waals surface area contributed by atoms with Crippen molar-refractivity contribution >= 4 is 76.2 Å². The first-order chi connectivity index (χ1) is 50.2. The van der Waals surface area contributed by atoms with Crippen molar-refractivity contribution in [2.24, 2.45) is 28.9 Å². The Morgan fingerprint density at radius 1 is 0.689 bits per heavy atom. The lowest BCUT2D eigenvalue weighted by Crippen LogP contribution is -2.60. The third-order valence-electron chi connectivity index (χ3n) is 19.0. The smallest absolute Gasteiger partial charge is 0.412 e. The highest BCUT2D eigenvalue weighted by molar-refractivity contribution is 6.32. The summed E-state index contributed by atoms with van der Waals surface area (Å²) in [7, 11) is 0. The first-order valence-electron chi connectivity index (χ1n) is 35.4. The van der Waals surface area contributed by atoms with Gasteiger partial charge in [-0.1, -0.05) is 122 Å². The number of hydrogen-bond acceptors (Lipinski definition) is 22. The van der Waals surface area contributed by atoms with Crippen LogP contribution in [0.15, 0.2) is 78.9 Å². The van der Waals surface area contributed by atoms with E-state index < -0.39 is 198 Å². The van der Waals surface area contributed by atoms with Gasteiger partial charge in [0.15, 0.2) is 28.8 Å². The summed E-state index contributed by atoms with van der Waals surface area (Å²) >= 11 is 14.1. The van der Waals surface area contributed by atoms with E-state index in [1.165, 1.54) is 48.5 Å². The summed E-state index contributed by atoms with van der Waals surface area (Å²) in [6.07, 6.45) is -11.8. The lowest BCUT2D eigenvalue weighted by molar-refractivity contribution is -0.277. The zero-order valence-electron chi connectivity index (χ0n) is 59.7. The van der Waals surface area contributed by atoms with Crippen LogP contribution in [-0.2, 0) is 43.1 Å². The van der Waals surface area contributed by atoms with Crippen molar-refractivity contribution in [1.82, 2.24) is 26.6 Å². The van der Waals surface area contributed by atoms with Crippen molar-refractivity contribution < 1.29 is 108 Å². The third kappa shape index (κ3) is 19.4. The van der Waals surface area contributed by atoms with Gasteiger partial charge in [-0.3, -0.25) is 38.4 Å². The molecule has 0 aliphatic carbocycles. The molecule has 5 aromatic rings. The standard InChI is InChI=1S/C76H92Cl2N6O22/c1-8-10-11-12-13-14-21-80-75(101)102-42-30-45-59(49(87)31-42)44-23-37(15-18-48(44)86)43-32-51(89)60-40-27-55(103-53-19-16-38(24-46(53)77)64(92)62(83-70(97)36(9-2)22-35(3)4)50(88)26-41(29-58(79)91)71(98)81-60)69(106-74-68(96)67(95)66(94)57(34-85)105-74)56(28-40)104-54-20-17-39(25-47(54)78)65(93)63(84-72(43)99)73(100)82-61(45)52(90)33-76(5,6)7/h15-20,23-25,27-28,30-31,35-36,41,43,57,60-68,74,85-87,92-96H,8-14,21-22,26,29,32-34H2,1-7H3,(H2,79,91)(H,80,101)(H,81,98)(H,82,100)(H,83,97)(H,84,99)/t36-,41+,43-,57-,60-,61+,62+,63+,64-,65-,66-,67+,68-,74+/m1/s1. The minimum absolute atomic E-state index is 0.00264. The molecule has 11 rings (SSSR count). The van der Waals surface area contributed by atoms with Crippen molar-refractivity contribution in [2.45, 2.75) is 199 Å². The van der Waals surface area contributed by atoms with Gasteiger partial charge in [0.25, 0.3) is 0 Å². The number of phenols is 2. The van der Waals surface area contributed by atoms with Gasteiger partial charge in [-0.05, 0) is 113 Å². The second-order valence-electron chi connectivity index (χ2n) is 29.0. The Hall–Kier alpha value is -8.97. The van der Waals surface area contributed by atoms with Gasteiger partial charge < -0.3 is 96.9 Å². The third-order valence-corrected chi connectivity index (χ3v) is 19.6. The predicted molar refractivity (Wildman–Crippen MR) is 384 cm³/mol. The molecule has 6 aliphatic rings. The van der Waals surface area contributed by atoms with Gasteiger partial charge in [-0.2, -0.15) is 0 Å². The molecular weight excluding hydrogens is 1420 g/mol. The average molecular weight is 1510 g/mol. The molecule has 15 N–H and O–H groups in total. The minimum atomic E-state index is -2.16. The van der Waals surface area contributed by atoms with Crippen molar-refractivity contribution in [1.29, 1.82) is 0 Å². The van der Waals surface area contributed by atoms with Crippen molar-refractivity contribution in [2.75, 3.05) is 13.2 Å². The van der Waals surface area contributed by atoms with Gasteiger partial charge in [0.05, 0.1) is 28.5 Å². The molecule has 1 fully saturated rings. The number of carbonyl (C=O) groups excluding carboxylic acids is 9. The monoisotopic (exact) mass is 1510 g/mol. The number of phenolic OH excluding ortho intramolecular Hbond substituents is 2. The van der Waals surface area contributed by atoms with Crippen LogP contribution in [0.5, 0.6) is 46.0 Å². The fraction of sp³-hybridized carbons (Fsp3) is 0.487. The molecule has 0 saturated carbocycles. The summed E-state index contributed by atoms with van der Waals surface area (Å²) in [6.45, 7) is 12.1. The van der Waals surface area contributed by atoms with Crippen LogP contribution in [0.25, 0.3) is 11.1 Å². The molecule has 0 radical (unpaired) electrons. The molecule has 1 saturated heterocycles. The van der Waals surface area contributed by atoms with Crippen LogP contribution in [0.4, 0.5) is 4.79 Å². The number of benzene rings is 5. The normalized spacial score (nSPS) is 24.5. The number of fused-ring (bicyclic) bond motifs is 15. The zero-order chi connectivity index (χ0) is 77.3. The summed E-state index contributed by atoms with van der Waals surface area (Å²) in [6, 6.07) is 7.19. The number of unbranched alkanes of at least 4 members (excludes halogenated alkanes) is 5. The van der Waals surface area contributed by atoms with Gasteiger partial charge in [0, 0.05) is 55.3 Å². The lowest BCUT2D eigenvalue weighted by atomic mass is 9.82. The molecule has 30 heteroatoms. The molecular formula is C76H92Cl2N6O22. The Morgan fingerprint density at radius 3 is 1.92 bits per heavy atom. The first-order valence-corrected chi connectivity index (χ1v) is 36.1. The number of ketones is 3. The Labute approximate surface area is 621 Å². The molecule has 11 bridgehead atoms.